The minimum atomic E-state index is -0.555. The molecule has 4 N–H and O–H groups in total. The van der Waals surface area contributed by atoms with Gasteiger partial charge in [0.1, 0.15) is 5.60 Å². The van der Waals surface area contributed by atoms with E-state index in [9.17, 15) is 4.79 Å². The fourth-order valence-electron chi connectivity index (χ4n) is 1.98. The van der Waals surface area contributed by atoms with E-state index in [-0.39, 0.29) is 5.97 Å². The molecule has 0 unspecified atom stereocenters. The van der Waals surface area contributed by atoms with Crippen molar-refractivity contribution in [3.8, 4) is 11.1 Å². The normalized spacial score (nSPS) is 11.2. The standard InChI is InChI=1S/C17H20N2O2/c1-17(2,3)21-16(20)15-10-13(19)8-9-14(15)11-4-6-12(18)7-5-11/h4-10H,18-19H2,1-3H3. The number of benzene rings is 2. The molecule has 0 aliphatic carbocycles. The van der Waals surface area contributed by atoms with Crippen LogP contribution in [0.25, 0.3) is 11.1 Å². The quantitative estimate of drug-likeness (QED) is 0.653. The van der Waals surface area contributed by atoms with E-state index in [1.54, 1.807) is 24.3 Å². The van der Waals surface area contributed by atoms with Gasteiger partial charge in [-0.3, -0.25) is 0 Å². The summed E-state index contributed by atoms with van der Waals surface area (Å²) in [6, 6.07) is 12.6. The average molecular weight is 284 g/mol. The number of esters is 1. The van der Waals surface area contributed by atoms with Gasteiger partial charge in [-0.1, -0.05) is 18.2 Å². The Hall–Kier alpha value is -2.49. The van der Waals surface area contributed by atoms with Gasteiger partial charge in [0.25, 0.3) is 0 Å². The van der Waals surface area contributed by atoms with E-state index in [4.69, 9.17) is 16.2 Å². The Morgan fingerprint density at radius 1 is 0.952 bits per heavy atom. The van der Waals surface area contributed by atoms with Crippen molar-refractivity contribution >= 4 is 17.3 Å². The summed E-state index contributed by atoms with van der Waals surface area (Å²) in [6.45, 7) is 5.50. The molecule has 0 amide bonds. The number of carbonyl (C=O) groups excluding carboxylic acids is 1. The monoisotopic (exact) mass is 284 g/mol. The lowest BCUT2D eigenvalue weighted by molar-refractivity contribution is 0.00705. The third kappa shape index (κ3) is 3.75. The van der Waals surface area contributed by atoms with Gasteiger partial charge in [0.05, 0.1) is 5.56 Å². The zero-order valence-electron chi connectivity index (χ0n) is 12.5. The number of anilines is 2. The van der Waals surface area contributed by atoms with Crippen LogP contribution in [0.5, 0.6) is 0 Å². The largest absolute Gasteiger partial charge is 0.456 e. The van der Waals surface area contributed by atoms with E-state index < -0.39 is 5.60 Å². The third-order valence-electron chi connectivity index (χ3n) is 2.88. The molecular formula is C17H20N2O2. The number of hydrogen-bond acceptors (Lipinski definition) is 4. The zero-order valence-corrected chi connectivity index (χ0v) is 12.5. The van der Waals surface area contributed by atoms with Gasteiger partial charge >= 0.3 is 5.97 Å². The highest BCUT2D eigenvalue weighted by molar-refractivity contribution is 5.98. The lowest BCUT2D eigenvalue weighted by Gasteiger charge is -2.21. The zero-order chi connectivity index (χ0) is 15.6. The van der Waals surface area contributed by atoms with Crippen molar-refractivity contribution in [2.45, 2.75) is 26.4 Å². The Morgan fingerprint density at radius 3 is 2.10 bits per heavy atom. The molecule has 0 atom stereocenters. The molecule has 0 radical (unpaired) electrons. The molecule has 0 aliphatic heterocycles. The fraction of sp³-hybridized carbons (Fsp3) is 0.235. The minimum Gasteiger partial charge on any atom is -0.456 e. The Balaban J connectivity index is 2.47. The minimum absolute atomic E-state index is 0.387. The second-order valence-corrected chi connectivity index (χ2v) is 5.93. The molecule has 4 heteroatoms. The number of nitrogens with two attached hydrogens (primary N) is 2. The van der Waals surface area contributed by atoms with E-state index in [0.717, 1.165) is 11.1 Å². The van der Waals surface area contributed by atoms with E-state index in [1.165, 1.54) is 0 Å². The van der Waals surface area contributed by atoms with E-state index in [1.807, 2.05) is 39.0 Å². The third-order valence-corrected chi connectivity index (χ3v) is 2.88. The molecule has 21 heavy (non-hydrogen) atoms. The SMILES string of the molecule is CC(C)(C)OC(=O)c1cc(N)ccc1-c1ccc(N)cc1. The van der Waals surface area contributed by atoms with Crippen LogP contribution in [0.1, 0.15) is 31.1 Å². The van der Waals surface area contributed by atoms with Crippen molar-refractivity contribution < 1.29 is 9.53 Å². The first-order chi connectivity index (χ1) is 9.76. The van der Waals surface area contributed by atoms with Gasteiger partial charge in [-0.25, -0.2) is 4.79 Å². The molecule has 110 valence electrons. The smallest absolute Gasteiger partial charge is 0.339 e. The first-order valence-electron chi connectivity index (χ1n) is 6.75. The lowest BCUT2D eigenvalue weighted by Crippen LogP contribution is -2.24. The molecule has 2 aromatic rings. The highest BCUT2D eigenvalue weighted by Crippen LogP contribution is 2.28. The number of rotatable bonds is 2. The first-order valence-corrected chi connectivity index (χ1v) is 6.75. The summed E-state index contributed by atoms with van der Waals surface area (Å²) >= 11 is 0. The lowest BCUT2D eigenvalue weighted by atomic mass is 9.98. The maximum atomic E-state index is 12.4. The molecule has 0 aliphatic rings. The fourth-order valence-corrected chi connectivity index (χ4v) is 1.98. The number of carbonyl (C=O) groups is 1. The van der Waals surface area contributed by atoms with Crippen molar-refractivity contribution in [3.05, 3.63) is 48.0 Å². The Labute approximate surface area is 124 Å². The van der Waals surface area contributed by atoms with E-state index in [0.29, 0.717) is 16.9 Å². The molecular weight excluding hydrogens is 264 g/mol. The molecule has 0 saturated heterocycles. The molecule has 0 fully saturated rings. The van der Waals surface area contributed by atoms with Crippen molar-refractivity contribution in [2.24, 2.45) is 0 Å². The van der Waals surface area contributed by atoms with Gasteiger partial charge < -0.3 is 16.2 Å². The Bertz CT molecular complexity index is 655. The summed E-state index contributed by atoms with van der Waals surface area (Å²) < 4.78 is 5.45. The Morgan fingerprint density at radius 2 is 1.52 bits per heavy atom. The van der Waals surface area contributed by atoms with Crippen LogP contribution in [-0.2, 0) is 4.74 Å². The van der Waals surface area contributed by atoms with Gasteiger partial charge in [-0.2, -0.15) is 0 Å². The summed E-state index contributed by atoms with van der Waals surface area (Å²) in [7, 11) is 0. The second kappa shape index (κ2) is 5.48. The van der Waals surface area contributed by atoms with E-state index >= 15 is 0 Å². The summed E-state index contributed by atoms with van der Waals surface area (Å²) in [4.78, 5) is 12.4. The predicted octanol–water partition coefficient (Wildman–Crippen LogP) is 3.47. The molecule has 4 nitrogen and oxygen atoms in total. The van der Waals surface area contributed by atoms with Gasteiger partial charge in [-0.15, -0.1) is 0 Å². The molecule has 2 rings (SSSR count). The van der Waals surface area contributed by atoms with Crippen LogP contribution in [0.2, 0.25) is 0 Å². The second-order valence-electron chi connectivity index (χ2n) is 5.93. The van der Waals surface area contributed by atoms with Crippen LogP contribution in [0.4, 0.5) is 11.4 Å². The van der Waals surface area contributed by atoms with Crippen molar-refractivity contribution in [1.82, 2.24) is 0 Å². The average Bonchev–Trinajstić information content (AvgIpc) is 2.38. The van der Waals surface area contributed by atoms with Gasteiger partial charge in [0, 0.05) is 11.4 Å². The number of hydrogen-bond donors (Lipinski definition) is 2. The van der Waals surface area contributed by atoms with Crippen LogP contribution in [0.15, 0.2) is 42.5 Å². The maximum Gasteiger partial charge on any atom is 0.339 e. The summed E-state index contributed by atoms with van der Waals surface area (Å²) in [5, 5.41) is 0. The first kappa shape index (κ1) is 14.9. The summed E-state index contributed by atoms with van der Waals surface area (Å²) in [5.74, 6) is -0.387. The molecule has 0 bridgehead atoms. The topological polar surface area (TPSA) is 78.3 Å². The molecule has 2 aromatic carbocycles. The molecule has 0 spiro atoms. The van der Waals surface area contributed by atoms with Gasteiger partial charge in [-0.05, 0) is 56.2 Å². The van der Waals surface area contributed by atoms with Crippen LogP contribution in [0, 0.1) is 0 Å². The van der Waals surface area contributed by atoms with Crippen molar-refractivity contribution in [2.75, 3.05) is 11.5 Å². The van der Waals surface area contributed by atoms with Crippen molar-refractivity contribution in [1.29, 1.82) is 0 Å². The van der Waals surface area contributed by atoms with Crippen molar-refractivity contribution in [3.63, 3.8) is 0 Å². The molecule has 0 saturated carbocycles. The molecule has 0 aromatic heterocycles. The highest BCUT2D eigenvalue weighted by atomic mass is 16.6. The van der Waals surface area contributed by atoms with Crippen LogP contribution >= 0.6 is 0 Å². The maximum absolute atomic E-state index is 12.4. The Kier molecular flexibility index (Phi) is 3.89. The van der Waals surface area contributed by atoms with Crippen LogP contribution in [-0.4, -0.2) is 11.6 Å². The van der Waals surface area contributed by atoms with E-state index in [2.05, 4.69) is 0 Å². The molecule has 0 heterocycles. The van der Waals surface area contributed by atoms with Gasteiger partial charge in [0.15, 0.2) is 0 Å². The summed E-state index contributed by atoms with van der Waals surface area (Å²) in [5.41, 5.74) is 14.3. The highest BCUT2D eigenvalue weighted by Gasteiger charge is 2.21. The van der Waals surface area contributed by atoms with Gasteiger partial charge in [0.2, 0.25) is 0 Å². The number of nitrogen functional groups attached to an aromatic ring is 2. The number of ether oxygens (including phenoxy) is 1. The summed E-state index contributed by atoms with van der Waals surface area (Å²) in [6.07, 6.45) is 0. The van der Waals surface area contributed by atoms with Crippen LogP contribution < -0.4 is 11.5 Å². The van der Waals surface area contributed by atoms with Crippen LogP contribution in [0.3, 0.4) is 0 Å². The predicted molar refractivity (Wildman–Crippen MR) is 85.9 cm³/mol.